The normalized spacial score (nSPS) is 11.3. The molecule has 0 radical (unpaired) electrons. The third-order valence-electron chi connectivity index (χ3n) is 10.2. The van der Waals surface area contributed by atoms with Crippen molar-refractivity contribution in [3.05, 3.63) is 200 Å². The zero-order chi connectivity index (χ0) is 35.8. The van der Waals surface area contributed by atoms with Gasteiger partial charge in [0.2, 0.25) is 0 Å². The number of hydrogen-bond acceptors (Lipinski definition) is 3. The number of pyridine rings is 1. The highest BCUT2D eigenvalue weighted by Crippen LogP contribution is 2.38. The van der Waals surface area contributed by atoms with Crippen LogP contribution in [0.2, 0.25) is 0 Å². The van der Waals surface area contributed by atoms with Gasteiger partial charge in [0.15, 0.2) is 5.82 Å². The monoisotopic (exact) mass is 687 g/mol. The van der Waals surface area contributed by atoms with E-state index in [0.29, 0.717) is 5.82 Å². The van der Waals surface area contributed by atoms with Crippen LogP contribution in [-0.4, -0.2) is 15.0 Å². The molecule has 0 saturated carbocycles. The fourth-order valence-electron chi connectivity index (χ4n) is 7.42. The molecule has 0 bridgehead atoms. The van der Waals surface area contributed by atoms with Gasteiger partial charge in [-0.25, -0.2) is 15.0 Å². The topological polar surface area (TPSA) is 38.7 Å². The molecule has 0 aliphatic rings. The Balaban J connectivity index is 1.16. The molecule has 0 amide bonds. The fourth-order valence-corrected chi connectivity index (χ4v) is 7.42. The summed E-state index contributed by atoms with van der Waals surface area (Å²) in [5, 5.41) is 5.96. The number of rotatable bonds is 6. The molecule has 0 aliphatic carbocycles. The van der Waals surface area contributed by atoms with Gasteiger partial charge < -0.3 is 0 Å². The lowest BCUT2D eigenvalue weighted by atomic mass is 9.93. The number of nitrogens with zero attached hydrogens (tertiary/aromatic N) is 3. The summed E-state index contributed by atoms with van der Waals surface area (Å²) in [6.45, 7) is 0. The lowest BCUT2D eigenvalue weighted by molar-refractivity contribution is 1.18. The first-order valence-electron chi connectivity index (χ1n) is 18.3. The standard InChI is InChI=1S/C51H33N3/c1-3-14-36(15-4-1)49-33-50(54-51(53-49)37-16-5-2-6-17-37)43-21-11-20-42(30-43)45-32-48(44-25-23-35-13-8-10-19-39(35)29-44)52-47-27-26-41(31-46(45)47)40-24-22-34-12-7-9-18-38(34)28-40/h1-33H. The molecule has 0 saturated heterocycles. The minimum Gasteiger partial charge on any atom is -0.248 e. The molecule has 252 valence electrons. The van der Waals surface area contributed by atoms with E-state index in [1.54, 1.807) is 0 Å². The molecule has 0 unspecified atom stereocenters. The molecule has 8 aromatic carbocycles. The van der Waals surface area contributed by atoms with Gasteiger partial charge >= 0.3 is 0 Å². The fraction of sp³-hybridized carbons (Fsp3) is 0. The van der Waals surface area contributed by atoms with E-state index in [9.17, 15) is 0 Å². The second kappa shape index (κ2) is 13.4. The summed E-state index contributed by atoms with van der Waals surface area (Å²) in [6.07, 6.45) is 0. The zero-order valence-electron chi connectivity index (χ0n) is 29.4. The lowest BCUT2D eigenvalue weighted by Crippen LogP contribution is -1.96. The Kier molecular flexibility index (Phi) is 7.81. The molecule has 0 atom stereocenters. The highest BCUT2D eigenvalue weighted by molar-refractivity contribution is 6.01. The predicted molar refractivity (Wildman–Crippen MR) is 225 cm³/mol. The van der Waals surface area contributed by atoms with E-state index in [1.165, 1.54) is 27.1 Å². The summed E-state index contributed by atoms with van der Waals surface area (Å²) in [5.41, 5.74) is 12.3. The Hall–Kier alpha value is -7.23. The average Bonchev–Trinajstić information content (AvgIpc) is 3.26. The largest absolute Gasteiger partial charge is 0.248 e. The van der Waals surface area contributed by atoms with E-state index >= 15 is 0 Å². The zero-order valence-corrected chi connectivity index (χ0v) is 29.4. The van der Waals surface area contributed by atoms with Crippen molar-refractivity contribution in [1.82, 2.24) is 15.0 Å². The van der Waals surface area contributed by atoms with Gasteiger partial charge in [0, 0.05) is 27.6 Å². The summed E-state index contributed by atoms with van der Waals surface area (Å²) >= 11 is 0. The van der Waals surface area contributed by atoms with Crippen LogP contribution in [0.4, 0.5) is 0 Å². The van der Waals surface area contributed by atoms with Crippen LogP contribution in [0.25, 0.3) is 99.9 Å². The van der Waals surface area contributed by atoms with Crippen LogP contribution < -0.4 is 0 Å². The van der Waals surface area contributed by atoms with Crippen LogP contribution in [0.15, 0.2) is 200 Å². The quantitative estimate of drug-likeness (QED) is 0.175. The molecular formula is C51H33N3. The summed E-state index contributed by atoms with van der Waals surface area (Å²) in [5.74, 6) is 0.699. The van der Waals surface area contributed by atoms with Crippen LogP contribution >= 0.6 is 0 Å². The molecular weight excluding hydrogens is 655 g/mol. The van der Waals surface area contributed by atoms with Crippen molar-refractivity contribution in [1.29, 1.82) is 0 Å². The minimum atomic E-state index is 0.699. The van der Waals surface area contributed by atoms with Gasteiger partial charge in [0.25, 0.3) is 0 Å². The van der Waals surface area contributed by atoms with Gasteiger partial charge in [0.1, 0.15) is 0 Å². The lowest BCUT2D eigenvalue weighted by Gasteiger charge is -2.14. The molecule has 0 N–H and O–H groups in total. The van der Waals surface area contributed by atoms with Crippen molar-refractivity contribution in [2.45, 2.75) is 0 Å². The molecule has 3 heteroatoms. The Morgan fingerprint density at radius 1 is 0.259 bits per heavy atom. The van der Waals surface area contributed by atoms with Gasteiger partial charge in [-0.2, -0.15) is 0 Å². The summed E-state index contributed by atoms with van der Waals surface area (Å²) in [7, 11) is 0. The number of aromatic nitrogens is 3. The average molecular weight is 688 g/mol. The van der Waals surface area contributed by atoms with Crippen molar-refractivity contribution in [3.63, 3.8) is 0 Å². The number of fused-ring (bicyclic) bond motifs is 3. The van der Waals surface area contributed by atoms with Crippen LogP contribution in [-0.2, 0) is 0 Å². The van der Waals surface area contributed by atoms with Crippen molar-refractivity contribution in [3.8, 4) is 67.4 Å². The van der Waals surface area contributed by atoms with Crippen LogP contribution in [0.5, 0.6) is 0 Å². The highest BCUT2D eigenvalue weighted by Gasteiger charge is 2.15. The second-order valence-corrected chi connectivity index (χ2v) is 13.7. The Labute approximate surface area is 313 Å². The van der Waals surface area contributed by atoms with Crippen molar-refractivity contribution in [2.24, 2.45) is 0 Å². The van der Waals surface area contributed by atoms with Gasteiger partial charge in [-0.15, -0.1) is 0 Å². The molecule has 0 aliphatic heterocycles. The Bertz CT molecular complexity index is 2930. The van der Waals surface area contributed by atoms with Crippen molar-refractivity contribution >= 4 is 32.4 Å². The molecule has 0 spiro atoms. The predicted octanol–water partition coefficient (Wildman–Crippen LogP) is 13.3. The van der Waals surface area contributed by atoms with Crippen LogP contribution in [0, 0.1) is 0 Å². The molecule has 10 rings (SSSR count). The van der Waals surface area contributed by atoms with Gasteiger partial charge in [-0.1, -0.05) is 158 Å². The molecule has 10 aromatic rings. The molecule has 2 aromatic heterocycles. The van der Waals surface area contributed by atoms with E-state index in [-0.39, 0.29) is 0 Å². The first-order chi connectivity index (χ1) is 26.7. The molecule has 54 heavy (non-hydrogen) atoms. The Morgan fingerprint density at radius 3 is 1.48 bits per heavy atom. The maximum absolute atomic E-state index is 5.27. The third-order valence-corrected chi connectivity index (χ3v) is 10.2. The summed E-state index contributed by atoms with van der Waals surface area (Å²) in [4.78, 5) is 15.4. The molecule has 3 nitrogen and oxygen atoms in total. The third kappa shape index (κ3) is 5.98. The Morgan fingerprint density at radius 2 is 0.759 bits per heavy atom. The highest BCUT2D eigenvalue weighted by atomic mass is 14.9. The smallest absolute Gasteiger partial charge is 0.160 e. The molecule has 2 heterocycles. The first kappa shape index (κ1) is 31.5. The number of hydrogen-bond donors (Lipinski definition) is 0. The van der Waals surface area contributed by atoms with E-state index in [1.807, 2.05) is 36.4 Å². The molecule has 0 fully saturated rings. The maximum Gasteiger partial charge on any atom is 0.160 e. The minimum absolute atomic E-state index is 0.699. The van der Waals surface area contributed by atoms with Gasteiger partial charge in [-0.05, 0) is 86.3 Å². The number of benzene rings is 8. The summed E-state index contributed by atoms with van der Waals surface area (Å²) in [6, 6.07) is 70.6. The van der Waals surface area contributed by atoms with Gasteiger partial charge in [-0.3, -0.25) is 0 Å². The second-order valence-electron chi connectivity index (χ2n) is 13.7. The van der Waals surface area contributed by atoms with Crippen molar-refractivity contribution < 1.29 is 0 Å². The summed E-state index contributed by atoms with van der Waals surface area (Å²) < 4.78 is 0. The van der Waals surface area contributed by atoms with E-state index < -0.39 is 0 Å². The van der Waals surface area contributed by atoms with E-state index in [2.05, 4.69) is 164 Å². The SMILES string of the molecule is c1ccc(-c2cc(-c3cccc(-c4cc(-c5ccc6ccccc6c5)nc5ccc(-c6ccc7ccccc7c6)cc45)c3)nc(-c3ccccc3)n2)cc1. The van der Waals surface area contributed by atoms with Crippen LogP contribution in [0.1, 0.15) is 0 Å². The van der Waals surface area contributed by atoms with E-state index in [4.69, 9.17) is 15.0 Å². The maximum atomic E-state index is 5.27. The van der Waals surface area contributed by atoms with Crippen molar-refractivity contribution in [2.75, 3.05) is 0 Å². The first-order valence-corrected chi connectivity index (χ1v) is 18.3. The van der Waals surface area contributed by atoms with E-state index in [0.717, 1.165) is 66.9 Å². The van der Waals surface area contributed by atoms with Gasteiger partial charge in [0.05, 0.1) is 22.6 Å². The van der Waals surface area contributed by atoms with Crippen LogP contribution in [0.3, 0.4) is 0 Å².